The lowest BCUT2D eigenvalue weighted by atomic mass is 9.87. The van der Waals surface area contributed by atoms with Crippen LogP contribution in [0, 0.1) is 18.8 Å². The number of aryl methyl sites for hydroxylation is 2. The summed E-state index contributed by atoms with van der Waals surface area (Å²) in [5.41, 5.74) is 0.638. The maximum absolute atomic E-state index is 10.6. The number of phenols is 2. The highest BCUT2D eigenvalue weighted by Gasteiger charge is 2.22. The van der Waals surface area contributed by atoms with E-state index in [4.69, 9.17) is 0 Å². The van der Waals surface area contributed by atoms with E-state index < -0.39 is 5.60 Å². The highest BCUT2D eigenvalue weighted by atomic mass is 16.3. The fourth-order valence-electron chi connectivity index (χ4n) is 3.13. The monoisotopic (exact) mass is 336 g/mol. The van der Waals surface area contributed by atoms with Crippen LogP contribution in [0.5, 0.6) is 11.5 Å². The number of phenolic OH excluding ortho intramolecular Hbond substituents is 2. The average molecular weight is 337 g/mol. The molecule has 24 heavy (non-hydrogen) atoms. The molecule has 138 valence electrons. The molecule has 1 rings (SSSR count). The Labute approximate surface area is 147 Å². The van der Waals surface area contributed by atoms with E-state index in [1.165, 1.54) is 19.3 Å². The minimum absolute atomic E-state index is 0.165. The normalized spacial score (nSPS) is 15.5. The van der Waals surface area contributed by atoms with E-state index in [1.54, 1.807) is 19.1 Å². The van der Waals surface area contributed by atoms with Crippen LogP contribution < -0.4 is 0 Å². The number of rotatable bonds is 10. The molecule has 0 heterocycles. The van der Waals surface area contributed by atoms with E-state index >= 15 is 0 Å². The van der Waals surface area contributed by atoms with Crippen molar-refractivity contribution in [3.8, 4) is 11.5 Å². The second kappa shape index (κ2) is 9.31. The summed E-state index contributed by atoms with van der Waals surface area (Å²) in [6, 6.07) is 3.14. The highest BCUT2D eigenvalue weighted by Crippen LogP contribution is 2.31. The van der Waals surface area contributed by atoms with Gasteiger partial charge in [0.2, 0.25) is 0 Å². The molecule has 0 radical (unpaired) electrons. The predicted octanol–water partition coefficient (Wildman–Crippen LogP) is 5.33. The van der Waals surface area contributed by atoms with Crippen LogP contribution in [0.4, 0.5) is 0 Å². The summed E-state index contributed by atoms with van der Waals surface area (Å²) in [6.07, 6.45) is 6.71. The van der Waals surface area contributed by atoms with Crippen LogP contribution in [0.15, 0.2) is 12.1 Å². The molecule has 3 N–H and O–H groups in total. The molecule has 1 unspecified atom stereocenters. The van der Waals surface area contributed by atoms with Crippen LogP contribution in [-0.2, 0) is 6.42 Å². The van der Waals surface area contributed by atoms with Crippen molar-refractivity contribution in [3.05, 3.63) is 23.3 Å². The van der Waals surface area contributed by atoms with E-state index in [1.807, 2.05) is 6.92 Å². The van der Waals surface area contributed by atoms with Crippen LogP contribution in [0.1, 0.15) is 77.3 Å². The average Bonchev–Trinajstić information content (AvgIpc) is 2.47. The standard InChI is InChI=1S/C21H36O3/c1-15(2)7-6-8-16(3)9-11-21(5,24)12-10-18-14-19(22)13-17(4)20(18)23/h13-16,22-24H,6-12H2,1-5H3/t16-,21?/m1/s1. The van der Waals surface area contributed by atoms with Crippen molar-refractivity contribution in [1.82, 2.24) is 0 Å². The summed E-state index contributed by atoms with van der Waals surface area (Å²) in [5.74, 6) is 1.79. The molecule has 0 amide bonds. The molecule has 0 aliphatic heterocycles. The van der Waals surface area contributed by atoms with Gasteiger partial charge in [-0.3, -0.25) is 0 Å². The van der Waals surface area contributed by atoms with Gasteiger partial charge < -0.3 is 15.3 Å². The second-order valence-electron chi connectivity index (χ2n) is 8.24. The Morgan fingerprint density at radius 2 is 1.67 bits per heavy atom. The van der Waals surface area contributed by atoms with Gasteiger partial charge in [-0.1, -0.05) is 40.0 Å². The number of benzene rings is 1. The first-order valence-corrected chi connectivity index (χ1v) is 9.34. The predicted molar refractivity (Wildman–Crippen MR) is 101 cm³/mol. The topological polar surface area (TPSA) is 60.7 Å². The number of aromatic hydroxyl groups is 2. The summed E-state index contributed by atoms with van der Waals surface area (Å²) in [4.78, 5) is 0. The second-order valence-corrected chi connectivity index (χ2v) is 8.24. The van der Waals surface area contributed by atoms with Crippen molar-refractivity contribution in [3.63, 3.8) is 0 Å². The van der Waals surface area contributed by atoms with E-state index in [0.29, 0.717) is 29.9 Å². The molecule has 0 spiro atoms. The molecule has 3 nitrogen and oxygen atoms in total. The SMILES string of the molecule is Cc1cc(O)cc(CCC(C)(O)CC[C@H](C)CCCC(C)C)c1O. The van der Waals surface area contributed by atoms with Gasteiger partial charge in [0.15, 0.2) is 0 Å². The lowest BCUT2D eigenvalue weighted by Crippen LogP contribution is -2.25. The zero-order valence-corrected chi connectivity index (χ0v) is 16.1. The van der Waals surface area contributed by atoms with Gasteiger partial charge in [-0.15, -0.1) is 0 Å². The Balaban J connectivity index is 2.44. The Morgan fingerprint density at radius 1 is 1.00 bits per heavy atom. The van der Waals surface area contributed by atoms with Gasteiger partial charge in [-0.25, -0.2) is 0 Å². The third-order valence-corrected chi connectivity index (χ3v) is 4.95. The molecule has 1 aromatic carbocycles. The van der Waals surface area contributed by atoms with Gasteiger partial charge >= 0.3 is 0 Å². The summed E-state index contributed by atoms with van der Waals surface area (Å²) >= 11 is 0. The molecule has 0 aliphatic carbocycles. The molecule has 0 aliphatic rings. The Hall–Kier alpha value is -1.22. The van der Waals surface area contributed by atoms with Gasteiger partial charge in [0.1, 0.15) is 11.5 Å². The quantitative estimate of drug-likeness (QED) is 0.506. The fraction of sp³-hybridized carbons (Fsp3) is 0.714. The molecule has 2 atom stereocenters. The molecule has 0 fully saturated rings. The van der Waals surface area contributed by atoms with Crippen molar-refractivity contribution in [2.45, 2.75) is 85.2 Å². The van der Waals surface area contributed by atoms with Crippen molar-refractivity contribution < 1.29 is 15.3 Å². The van der Waals surface area contributed by atoms with Gasteiger partial charge in [0, 0.05) is 0 Å². The lowest BCUT2D eigenvalue weighted by Gasteiger charge is -2.25. The van der Waals surface area contributed by atoms with Crippen LogP contribution in [-0.4, -0.2) is 20.9 Å². The zero-order valence-electron chi connectivity index (χ0n) is 16.1. The van der Waals surface area contributed by atoms with Crippen LogP contribution in [0.3, 0.4) is 0 Å². The minimum atomic E-state index is -0.738. The van der Waals surface area contributed by atoms with Crippen LogP contribution in [0.25, 0.3) is 0 Å². The third-order valence-electron chi connectivity index (χ3n) is 4.95. The Bertz CT molecular complexity index is 506. The van der Waals surface area contributed by atoms with E-state index in [2.05, 4.69) is 20.8 Å². The molecular formula is C21H36O3. The molecule has 1 aromatic rings. The lowest BCUT2D eigenvalue weighted by molar-refractivity contribution is 0.0357. The van der Waals surface area contributed by atoms with Crippen molar-refractivity contribution in [2.24, 2.45) is 11.8 Å². The van der Waals surface area contributed by atoms with Crippen molar-refractivity contribution in [1.29, 1.82) is 0 Å². The minimum Gasteiger partial charge on any atom is -0.508 e. The van der Waals surface area contributed by atoms with Gasteiger partial charge in [-0.05, 0) is 74.6 Å². The zero-order chi connectivity index (χ0) is 18.3. The molecule has 0 saturated carbocycles. The number of hydrogen-bond acceptors (Lipinski definition) is 3. The van der Waals surface area contributed by atoms with E-state index in [0.717, 1.165) is 18.8 Å². The summed E-state index contributed by atoms with van der Waals surface area (Å²) in [7, 11) is 0. The van der Waals surface area contributed by atoms with Crippen molar-refractivity contribution >= 4 is 0 Å². The van der Waals surface area contributed by atoms with Crippen LogP contribution in [0.2, 0.25) is 0 Å². The third kappa shape index (κ3) is 7.57. The Kier molecular flexibility index (Phi) is 8.08. The molecular weight excluding hydrogens is 300 g/mol. The fourth-order valence-corrected chi connectivity index (χ4v) is 3.13. The summed E-state index contributed by atoms with van der Waals surface area (Å²) in [6.45, 7) is 10.4. The molecule has 0 saturated heterocycles. The number of aliphatic hydroxyl groups is 1. The van der Waals surface area contributed by atoms with Gasteiger partial charge in [0.25, 0.3) is 0 Å². The summed E-state index contributed by atoms with van der Waals surface area (Å²) in [5, 5.41) is 30.4. The maximum Gasteiger partial charge on any atom is 0.121 e. The highest BCUT2D eigenvalue weighted by molar-refractivity contribution is 5.45. The first-order valence-electron chi connectivity index (χ1n) is 9.34. The van der Waals surface area contributed by atoms with E-state index in [-0.39, 0.29) is 11.5 Å². The first kappa shape index (κ1) is 20.8. The van der Waals surface area contributed by atoms with Crippen LogP contribution >= 0.6 is 0 Å². The van der Waals surface area contributed by atoms with Crippen molar-refractivity contribution in [2.75, 3.05) is 0 Å². The maximum atomic E-state index is 10.6. The van der Waals surface area contributed by atoms with E-state index in [9.17, 15) is 15.3 Å². The Morgan fingerprint density at radius 3 is 2.29 bits per heavy atom. The molecule has 0 aromatic heterocycles. The number of hydrogen-bond donors (Lipinski definition) is 3. The van der Waals surface area contributed by atoms with Gasteiger partial charge in [0.05, 0.1) is 5.60 Å². The summed E-state index contributed by atoms with van der Waals surface area (Å²) < 4.78 is 0. The van der Waals surface area contributed by atoms with Gasteiger partial charge in [-0.2, -0.15) is 0 Å². The molecule has 0 bridgehead atoms. The molecule has 3 heteroatoms. The first-order chi connectivity index (χ1) is 11.1. The largest absolute Gasteiger partial charge is 0.508 e. The smallest absolute Gasteiger partial charge is 0.121 e.